The molecule has 2 heterocycles. The van der Waals surface area contributed by atoms with E-state index in [9.17, 15) is 0 Å². The molecular formula is C14H20N2O2. The SMILES string of the molecule is COc1ccc2c(c1)C(N)CC1(CCNCC1)O2. The van der Waals surface area contributed by atoms with Gasteiger partial charge in [-0.3, -0.25) is 0 Å². The molecule has 0 aromatic heterocycles. The molecule has 2 aliphatic rings. The lowest BCUT2D eigenvalue weighted by Crippen LogP contribution is -2.50. The largest absolute Gasteiger partial charge is 0.497 e. The molecular weight excluding hydrogens is 228 g/mol. The number of nitrogens with one attached hydrogen (secondary N) is 1. The van der Waals surface area contributed by atoms with Crippen LogP contribution in [0.2, 0.25) is 0 Å². The van der Waals surface area contributed by atoms with Gasteiger partial charge < -0.3 is 20.5 Å². The van der Waals surface area contributed by atoms with Gasteiger partial charge in [-0.25, -0.2) is 0 Å². The van der Waals surface area contributed by atoms with E-state index in [-0.39, 0.29) is 11.6 Å². The average molecular weight is 248 g/mol. The van der Waals surface area contributed by atoms with E-state index in [1.807, 2.05) is 18.2 Å². The van der Waals surface area contributed by atoms with Gasteiger partial charge in [0.25, 0.3) is 0 Å². The van der Waals surface area contributed by atoms with Gasteiger partial charge in [0.1, 0.15) is 17.1 Å². The van der Waals surface area contributed by atoms with E-state index < -0.39 is 0 Å². The van der Waals surface area contributed by atoms with Crippen LogP contribution in [0.5, 0.6) is 11.5 Å². The van der Waals surface area contributed by atoms with Gasteiger partial charge in [-0.1, -0.05) is 0 Å². The maximum atomic E-state index is 6.32. The molecule has 1 spiro atoms. The lowest BCUT2D eigenvalue weighted by atomic mass is 9.81. The number of fused-ring (bicyclic) bond motifs is 1. The third-order valence-corrected chi connectivity index (χ3v) is 4.05. The van der Waals surface area contributed by atoms with Crippen molar-refractivity contribution in [1.29, 1.82) is 0 Å². The number of ether oxygens (including phenoxy) is 2. The van der Waals surface area contributed by atoms with E-state index in [2.05, 4.69) is 5.32 Å². The molecule has 1 saturated heterocycles. The van der Waals surface area contributed by atoms with Gasteiger partial charge in [-0.15, -0.1) is 0 Å². The fraction of sp³-hybridized carbons (Fsp3) is 0.571. The Balaban J connectivity index is 1.92. The monoisotopic (exact) mass is 248 g/mol. The molecule has 0 amide bonds. The molecule has 3 rings (SSSR count). The molecule has 0 aliphatic carbocycles. The first-order valence-corrected chi connectivity index (χ1v) is 6.56. The zero-order chi connectivity index (χ0) is 12.6. The topological polar surface area (TPSA) is 56.5 Å². The first-order valence-electron chi connectivity index (χ1n) is 6.56. The molecule has 2 aliphatic heterocycles. The van der Waals surface area contributed by atoms with Gasteiger partial charge >= 0.3 is 0 Å². The molecule has 18 heavy (non-hydrogen) atoms. The minimum absolute atomic E-state index is 0.0435. The Hall–Kier alpha value is -1.26. The first kappa shape index (κ1) is 11.8. The minimum atomic E-state index is -0.0632. The molecule has 0 saturated carbocycles. The summed E-state index contributed by atoms with van der Waals surface area (Å²) in [7, 11) is 1.67. The van der Waals surface area contributed by atoms with Gasteiger partial charge in [0.15, 0.2) is 0 Å². The Bertz CT molecular complexity index is 441. The predicted molar refractivity (Wildman–Crippen MR) is 70.0 cm³/mol. The quantitative estimate of drug-likeness (QED) is 0.792. The first-order chi connectivity index (χ1) is 8.72. The highest BCUT2D eigenvalue weighted by Gasteiger charge is 2.40. The van der Waals surface area contributed by atoms with E-state index in [1.165, 1.54) is 0 Å². The minimum Gasteiger partial charge on any atom is -0.497 e. The molecule has 1 aromatic rings. The predicted octanol–water partition coefficient (Wildman–Crippen LogP) is 1.60. The molecule has 1 unspecified atom stereocenters. The number of piperidine rings is 1. The smallest absolute Gasteiger partial charge is 0.125 e. The normalized spacial score (nSPS) is 25.3. The van der Waals surface area contributed by atoms with Crippen molar-refractivity contribution < 1.29 is 9.47 Å². The van der Waals surface area contributed by atoms with Gasteiger partial charge in [0, 0.05) is 18.0 Å². The van der Waals surface area contributed by atoms with Crippen molar-refractivity contribution in [3.8, 4) is 11.5 Å². The number of nitrogens with two attached hydrogens (primary N) is 1. The summed E-state index contributed by atoms with van der Waals surface area (Å²) < 4.78 is 11.5. The summed E-state index contributed by atoms with van der Waals surface area (Å²) in [5.74, 6) is 1.77. The Morgan fingerprint density at radius 3 is 2.89 bits per heavy atom. The highest BCUT2D eigenvalue weighted by atomic mass is 16.5. The van der Waals surface area contributed by atoms with Crippen LogP contribution in [0.4, 0.5) is 0 Å². The van der Waals surface area contributed by atoms with E-state index in [1.54, 1.807) is 7.11 Å². The third kappa shape index (κ3) is 1.95. The van der Waals surface area contributed by atoms with Crippen LogP contribution < -0.4 is 20.5 Å². The lowest BCUT2D eigenvalue weighted by Gasteiger charge is -2.43. The second kappa shape index (κ2) is 4.44. The van der Waals surface area contributed by atoms with Crippen molar-refractivity contribution in [2.75, 3.05) is 20.2 Å². The van der Waals surface area contributed by atoms with Gasteiger partial charge in [0.2, 0.25) is 0 Å². The Labute approximate surface area is 107 Å². The van der Waals surface area contributed by atoms with Crippen LogP contribution >= 0.6 is 0 Å². The molecule has 0 bridgehead atoms. The van der Waals surface area contributed by atoms with Crippen molar-refractivity contribution in [3.63, 3.8) is 0 Å². The van der Waals surface area contributed by atoms with Crippen molar-refractivity contribution in [3.05, 3.63) is 23.8 Å². The summed E-state index contributed by atoms with van der Waals surface area (Å²) in [4.78, 5) is 0. The zero-order valence-electron chi connectivity index (χ0n) is 10.7. The van der Waals surface area contributed by atoms with Crippen LogP contribution in [0.3, 0.4) is 0 Å². The standard InChI is InChI=1S/C14H20N2O2/c1-17-10-2-3-13-11(8-10)12(15)9-14(18-13)4-6-16-7-5-14/h2-3,8,12,16H,4-7,9,15H2,1H3. The summed E-state index contributed by atoms with van der Waals surface area (Å²) in [5.41, 5.74) is 7.32. The fourth-order valence-electron chi connectivity index (χ4n) is 3.01. The van der Waals surface area contributed by atoms with E-state index in [0.29, 0.717) is 0 Å². The van der Waals surface area contributed by atoms with Gasteiger partial charge in [0.05, 0.1) is 7.11 Å². The van der Waals surface area contributed by atoms with Crippen LogP contribution in [0.1, 0.15) is 30.9 Å². The van der Waals surface area contributed by atoms with Crippen molar-refractivity contribution in [2.24, 2.45) is 5.73 Å². The maximum absolute atomic E-state index is 6.32. The zero-order valence-corrected chi connectivity index (χ0v) is 10.7. The van der Waals surface area contributed by atoms with Crippen molar-refractivity contribution >= 4 is 0 Å². The summed E-state index contributed by atoms with van der Waals surface area (Å²) in [6.45, 7) is 2.02. The van der Waals surface area contributed by atoms with E-state index >= 15 is 0 Å². The molecule has 4 nitrogen and oxygen atoms in total. The molecule has 1 fully saturated rings. The van der Waals surface area contributed by atoms with Crippen molar-refractivity contribution in [2.45, 2.75) is 30.9 Å². The van der Waals surface area contributed by atoms with Crippen LogP contribution in [0.25, 0.3) is 0 Å². The number of methoxy groups -OCH3 is 1. The number of rotatable bonds is 1. The molecule has 4 heteroatoms. The highest BCUT2D eigenvalue weighted by molar-refractivity contribution is 5.44. The number of hydrogen-bond donors (Lipinski definition) is 2. The summed E-state index contributed by atoms with van der Waals surface area (Å²) in [6.07, 6.45) is 2.97. The van der Waals surface area contributed by atoms with Crippen LogP contribution in [0, 0.1) is 0 Å². The Morgan fingerprint density at radius 1 is 1.39 bits per heavy atom. The second-order valence-electron chi connectivity index (χ2n) is 5.25. The molecule has 98 valence electrons. The fourth-order valence-corrected chi connectivity index (χ4v) is 3.01. The van der Waals surface area contributed by atoms with Crippen LogP contribution in [0.15, 0.2) is 18.2 Å². The van der Waals surface area contributed by atoms with Crippen LogP contribution in [-0.4, -0.2) is 25.8 Å². The highest BCUT2D eigenvalue weighted by Crippen LogP contribution is 2.43. The van der Waals surface area contributed by atoms with Gasteiger partial charge in [-0.2, -0.15) is 0 Å². The van der Waals surface area contributed by atoms with Crippen molar-refractivity contribution in [1.82, 2.24) is 5.32 Å². The summed E-state index contributed by atoms with van der Waals surface area (Å²) in [6, 6.07) is 5.96. The van der Waals surface area contributed by atoms with E-state index in [4.69, 9.17) is 15.2 Å². The molecule has 0 radical (unpaired) electrons. The maximum Gasteiger partial charge on any atom is 0.125 e. The lowest BCUT2D eigenvalue weighted by molar-refractivity contribution is 0.00782. The molecule has 3 N–H and O–H groups in total. The second-order valence-corrected chi connectivity index (χ2v) is 5.25. The summed E-state index contributed by atoms with van der Waals surface area (Å²) in [5, 5.41) is 3.37. The Morgan fingerprint density at radius 2 is 2.17 bits per heavy atom. The number of hydrogen-bond acceptors (Lipinski definition) is 4. The molecule has 1 atom stereocenters. The average Bonchev–Trinajstić information content (AvgIpc) is 2.39. The molecule has 1 aromatic carbocycles. The number of benzene rings is 1. The Kier molecular flexibility index (Phi) is 2.92. The third-order valence-electron chi connectivity index (χ3n) is 4.05. The summed E-state index contributed by atoms with van der Waals surface area (Å²) >= 11 is 0. The van der Waals surface area contributed by atoms with Crippen LogP contribution in [-0.2, 0) is 0 Å². The van der Waals surface area contributed by atoms with E-state index in [0.717, 1.165) is 49.4 Å². The van der Waals surface area contributed by atoms with Gasteiger partial charge in [-0.05, 0) is 44.1 Å².